The average Bonchev–Trinajstić information content (AvgIpc) is 3.06. The summed E-state index contributed by atoms with van der Waals surface area (Å²) in [5, 5.41) is 3.08. The number of carbonyl (C=O) groups is 1. The molecule has 2 atom stereocenters. The van der Waals surface area contributed by atoms with Gasteiger partial charge in [-0.15, -0.1) is 0 Å². The van der Waals surface area contributed by atoms with Crippen LogP contribution in [-0.2, 0) is 6.54 Å². The molecule has 142 valence electrons. The van der Waals surface area contributed by atoms with Gasteiger partial charge in [-0.1, -0.05) is 44.5 Å². The van der Waals surface area contributed by atoms with Gasteiger partial charge >= 0.3 is 0 Å². The molecular formula is C22H27N3O2. The molecule has 1 heterocycles. The fourth-order valence-corrected chi connectivity index (χ4v) is 3.23. The van der Waals surface area contributed by atoms with Crippen LogP contribution in [0.1, 0.15) is 49.4 Å². The van der Waals surface area contributed by atoms with Crippen molar-refractivity contribution in [3.8, 4) is 5.75 Å². The summed E-state index contributed by atoms with van der Waals surface area (Å²) >= 11 is 0. The third-order valence-electron chi connectivity index (χ3n) is 4.96. The molecule has 1 N–H and O–H groups in total. The van der Waals surface area contributed by atoms with E-state index in [-0.39, 0.29) is 11.9 Å². The lowest BCUT2D eigenvalue weighted by Gasteiger charge is -2.19. The van der Waals surface area contributed by atoms with Gasteiger partial charge in [-0.25, -0.2) is 4.98 Å². The predicted octanol–water partition coefficient (Wildman–Crippen LogP) is 4.58. The second kappa shape index (κ2) is 8.25. The summed E-state index contributed by atoms with van der Waals surface area (Å²) < 4.78 is 7.54. The van der Waals surface area contributed by atoms with E-state index in [1.54, 1.807) is 19.2 Å². The number of benzene rings is 2. The van der Waals surface area contributed by atoms with E-state index >= 15 is 0 Å². The first-order chi connectivity index (χ1) is 13.0. The van der Waals surface area contributed by atoms with E-state index in [9.17, 15) is 4.79 Å². The molecule has 0 aliphatic carbocycles. The third kappa shape index (κ3) is 3.97. The minimum atomic E-state index is -0.223. The van der Waals surface area contributed by atoms with Crippen molar-refractivity contribution < 1.29 is 9.53 Å². The van der Waals surface area contributed by atoms with E-state index in [2.05, 4.69) is 29.8 Å². The van der Waals surface area contributed by atoms with Crippen molar-refractivity contribution in [2.75, 3.05) is 7.11 Å². The van der Waals surface area contributed by atoms with Crippen molar-refractivity contribution in [1.82, 2.24) is 14.9 Å². The van der Waals surface area contributed by atoms with Crippen LogP contribution in [0.3, 0.4) is 0 Å². The molecule has 1 amide bonds. The summed E-state index contributed by atoms with van der Waals surface area (Å²) in [6, 6.07) is 15.1. The first-order valence-corrected chi connectivity index (χ1v) is 9.44. The molecule has 0 aliphatic heterocycles. The van der Waals surface area contributed by atoms with Crippen molar-refractivity contribution >= 4 is 16.9 Å². The number of amides is 1. The second-order valence-electron chi connectivity index (χ2n) is 6.98. The van der Waals surface area contributed by atoms with Crippen LogP contribution < -0.4 is 10.1 Å². The number of nitrogens with one attached hydrogen (secondary N) is 1. The van der Waals surface area contributed by atoms with Crippen molar-refractivity contribution in [1.29, 1.82) is 0 Å². The van der Waals surface area contributed by atoms with Gasteiger partial charge in [0.05, 0.1) is 29.7 Å². The number of hydrogen-bond acceptors (Lipinski definition) is 3. The maximum atomic E-state index is 12.8. The van der Waals surface area contributed by atoms with Crippen LogP contribution in [0.15, 0.2) is 48.5 Å². The summed E-state index contributed by atoms with van der Waals surface area (Å²) in [6.45, 7) is 7.27. The lowest BCUT2D eigenvalue weighted by Crippen LogP contribution is -2.29. The maximum Gasteiger partial charge on any atom is 0.255 e. The standard InChI is InChI=1S/C22H27N3O2/c1-5-15(2)14-25-19-12-8-7-11-18(19)24-21(25)16(3)23-22(26)17-10-6-9-13-20(17)27-4/h6-13,15-16H,5,14H2,1-4H3,(H,23,26). The highest BCUT2D eigenvalue weighted by Gasteiger charge is 2.21. The van der Waals surface area contributed by atoms with Crippen LogP contribution >= 0.6 is 0 Å². The Hall–Kier alpha value is -2.82. The van der Waals surface area contributed by atoms with Gasteiger partial charge in [0, 0.05) is 6.54 Å². The van der Waals surface area contributed by atoms with Gasteiger partial charge in [-0.2, -0.15) is 0 Å². The number of aromatic nitrogens is 2. The lowest BCUT2D eigenvalue weighted by atomic mass is 10.1. The summed E-state index contributed by atoms with van der Waals surface area (Å²) in [5.74, 6) is 1.80. The Kier molecular flexibility index (Phi) is 5.79. The van der Waals surface area contributed by atoms with Crippen molar-refractivity contribution in [3.63, 3.8) is 0 Å². The number of methoxy groups -OCH3 is 1. The van der Waals surface area contributed by atoms with Gasteiger partial charge in [-0.05, 0) is 37.1 Å². The molecule has 3 rings (SSSR count). The number of imidazole rings is 1. The molecule has 0 radical (unpaired) electrons. The molecule has 3 aromatic rings. The zero-order chi connectivity index (χ0) is 19.4. The molecule has 1 aromatic heterocycles. The minimum absolute atomic E-state index is 0.165. The third-order valence-corrected chi connectivity index (χ3v) is 4.96. The van der Waals surface area contributed by atoms with E-state index in [1.807, 2.05) is 37.3 Å². The van der Waals surface area contributed by atoms with Crippen LogP contribution in [0.2, 0.25) is 0 Å². The maximum absolute atomic E-state index is 12.8. The van der Waals surface area contributed by atoms with Crippen molar-refractivity contribution in [2.24, 2.45) is 5.92 Å². The Morgan fingerprint density at radius 2 is 1.85 bits per heavy atom. The first-order valence-electron chi connectivity index (χ1n) is 9.44. The number of hydrogen-bond donors (Lipinski definition) is 1. The van der Waals surface area contributed by atoms with Gasteiger partial charge in [0.2, 0.25) is 0 Å². The zero-order valence-corrected chi connectivity index (χ0v) is 16.4. The van der Waals surface area contributed by atoms with E-state index in [4.69, 9.17) is 9.72 Å². The highest BCUT2D eigenvalue weighted by atomic mass is 16.5. The molecule has 0 bridgehead atoms. The number of nitrogens with zero attached hydrogens (tertiary/aromatic N) is 2. The summed E-state index contributed by atoms with van der Waals surface area (Å²) in [7, 11) is 1.57. The lowest BCUT2D eigenvalue weighted by molar-refractivity contribution is 0.0934. The largest absolute Gasteiger partial charge is 0.496 e. The van der Waals surface area contributed by atoms with Crippen LogP contribution in [0.25, 0.3) is 11.0 Å². The Morgan fingerprint density at radius 1 is 1.15 bits per heavy atom. The number of carbonyl (C=O) groups excluding carboxylic acids is 1. The van der Waals surface area contributed by atoms with Crippen LogP contribution in [-0.4, -0.2) is 22.6 Å². The van der Waals surface area contributed by atoms with Crippen molar-refractivity contribution in [2.45, 2.75) is 39.8 Å². The molecule has 27 heavy (non-hydrogen) atoms. The number of para-hydroxylation sites is 3. The second-order valence-corrected chi connectivity index (χ2v) is 6.98. The van der Waals surface area contributed by atoms with Gasteiger partial charge in [0.15, 0.2) is 0 Å². The van der Waals surface area contributed by atoms with E-state index in [1.165, 1.54) is 0 Å². The Balaban J connectivity index is 1.92. The summed E-state index contributed by atoms with van der Waals surface area (Å²) in [6.07, 6.45) is 1.09. The van der Waals surface area contributed by atoms with Crippen LogP contribution in [0.4, 0.5) is 0 Å². The van der Waals surface area contributed by atoms with Gasteiger partial charge in [0.25, 0.3) is 5.91 Å². The molecule has 0 saturated carbocycles. The molecule has 5 nitrogen and oxygen atoms in total. The molecule has 2 unspecified atom stereocenters. The molecular weight excluding hydrogens is 338 g/mol. The van der Waals surface area contributed by atoms with E-state index in [0.29, 0.717) is 17.2 Å². The highest BCUT2D eigenvalue weighted by Crippen LogP contribution is 2.24. The molecule has 0 spiro atoms. The SMILES string of the molecule is CCC(C)Cn1c(C(C)NC(=O)c2ccccc2OC)nc2ccccc21. The van der Waals surface area contributed by atoms with Gasteiger partial charge < -0.3 is 14.6 Å². The Morgan fingerprint density at radius 3 is 2.59 bits per heavy atom. The van der Waals surface area contributed by atoms with Gasteiger partial charge in [-0.3, -0.25) is 4.79 Å². The molecule has 0 aliphatic rings. The molecule has 0 fully saturated rings. The molecule has 2 aromatic carbocycles. The average molecular weight is 365 g/mol. The fraction of sp³-hybridized carbons (Fsp3) is 0.364. The normalized spacial score (nSPS) is 13.3. The van der Waals surface area contributed by atoms with Crippen molar-refractivity contribution in [3.05, 3.63) is 59.9 Å². The monoisotopic (exact) mass is 365 g/mol. The van der Waals surface area contributed by atoms with E-state index in [0.717, 1.165) is 29.8 Å². The molecule has 5 heteroatoms. The summed E-state index contributed by atoms with van der Waals surface area (Å²) in [4.78, 5) is 17.6. The summed E-state index contributed by atoms with van der Waals surface area (Å²) in [5.41, 5.74) is 2.58. The Bertz CT molecular complexity index is 932. The topological polar surface area (TPSA) is 56.2 Å². The molecule has 0 saturated heterocycles. The fourth-order valence-electron chi connectivity index (χ4n) is 3.23. The van der Waals surface area contributed by atoms with Crippen LogP contribution in [0.5, 0.6) is 5.75 Å². The first kappa shape index (κ1) is 19.0. The minimum Gasteiger partial charge on any atom is -0.496 e. The quantitative estimate of drug-likeness (QED) is 0.667. The van der Waals surface area contributed by atoms with Crippen LogP contribution in [0, 0.1) is 5.92 Å². The smallest absolute Gasteiger partial charge is 0.255 e. The number of ether oxygens (including phenoxy) is 1. The Labute approximate surface area is 160 Å². The number of fused-ring (bicyclic) bond motifs is 1. The number of rotatable bonds is 7. The predicted molar refractivity (Wildman–Crippen MR) is 108 cm³/mol. The zero-order valence-electron chi connectivity index (χ0n) is 16.4. The van der Waals surface area contributed by atoms with E-state index < -0.39 is 0 Å². The van der Waals surface area contributed by atoms with Gasteiger partial charge in [0.1, 0.15) is 11.6 Å². The highest BCUT2D eigenvalue weighted by molar-refractivity contribution is 5.97.